The average Bonchev–Trinajstić information content (AvgIpc) is 3.02. The number of aryl methyl sites for hydroxylation is 1. The molecule has 0 aliphatic carbocycles. The van der Waals surface area contributed by atoms with E-state index in [4.69, 9.17) is 11.6 Å². The summed E-state index contributed by atoms with van der Waals surface area (Å²) in [5, 5.41) is 0.602. The largest absolute Gasteiger partial charge is 0.355 e. The third-order valence-corrected chi connectivity index (χ3v) is 6.30. The predicted molar refractivity (Wildman–Crippen MR) is 117 cm³/mol. The molecule has 2 aromatic rings. The topological polar surface area (TPSA) is 73.5 Å². The lowest BCUT2D eigenvalue weighted by atomic mass is 10.0. The quantitative estimate of drug-likeness (QED) is 0.714. The molecular weight excluding hydrogens is 402 g/mol. The number of carbonyl (C=O) groups is 3. The van der Waals surface area contributed by atoms with Crippen molar-refractivity contribution in [3.05, 3.63) is 57.4 Å². The molecule has 1 aliphatic rings. The molecule has 1 N–H and O–H groups in total. The Morgan fingerprint density at radius 1 is 1.10 bits per heavy atom. The zero-order valence-electron chi connectivity index (χ0n) is 17.9. The molecule has 7 heteroatoms. The summed E-state index contributed by atoms with van der Waals surface area (Å²) in [6.45, 7) is 9.41. The summed E-state index contributed by atoms with van der Waals surface area (Å²) in [5.74, 6) is -0.0267. The molecule has 6 nitrogen and oxygen atoms in total. The number of amides is 1. The number of nitrogens with one attached hydrogen (secondary N) is 1. The highest BCUT2D eigenvalue weighted by molar-refractivity contribution is 6.31. The van der Waals surface area contributed by atoms with Crippen molar-refractivity contribution in [2.24, 2.45) is 0 Å². The molecule has 3 rings (SSSR count). The molecule has 1 amide bonds. The number of halogens is 1. The van der Waals surface area contributed by atoms with Crippen LogP contribution in [0.15, 0.2) is 24.3 Å². The molecule has 1 fully saturated rings. The van der Waals surface area contributed by atoms with E-state index in [9.17, 15) is 14.4 Å². The van der Waals surface area contributed by atoms with E-state index in [1.807, 2.05) is 43.9 Å². The lowest BCUT2D eigenvalue weighted by Crippen LogP contribution is -2.53. The minimum atomic E-state index is -0.331. The van der Waals surface area contributed by atoms with Gasteiger partial charge in [0.2, 0.25) is 5.91 Å². The van der Waals surface area contributed by atoms with E-state index in [1.54, 1.807) is 6.07 Å². The first-order valence-electron chi connectivity index (χ1n) is 10.2. The van der Waals surface area contributed by atoms with Gasteiger partial charge in [0.1, 0.15) is 0 Å². The van der Waals surface area contributed by atoms with Crippen LogP contribution < -0.4 is 0 Å². The second-order valence-corrected chi connectivity index (χ2v) is 8.31. The first-order valence-corrected chi connectivity index (χ1v) is 10.6. The summed E-state index contributed by atoms with van der Waals surface area (Å²) >= 11 is 6.17. The number of aromatic nitrogens is 1. The Labute approximate surface area is 182 Å². The molecule has 2 heterocycles. The van der Waals surface area contributed by atoms with Gasteiger partial charge in [-0.15, -0.1) is 0 Å². The lowest BCUT2D eigenvalue weighted by molar-refractivity contribution is -0.132. The predicted octanol–water partition coefficient (Wildman–Crippen LogP) is 3.45. The molecule has 1 aliphatic heterocycles. The van der Waals surface area contributed by atoms with E-state index in [0.717, 1.165) is 11.3 Å². The maximum atomic E-state index is 13.1. The second-order valence-electron chi connectivity index (χ2n) is 7.91. The monoisotopic (exact) mass is 429 g/mol. The third-order valence-electron chi connectivity index (χ3n) is 5.93. The van der Waals surface area contributed by atoms with E-state index in [1.165, 1.54) is 6.92 Å². The molecule has 30 heavy (non-hydrogen) atoms. The minimum Gasteiger partial charge on any atom is -0.355 e. The van der Waals surface area contributed by atoms with E-state index < -0.39 is 0 Å². The van der Waals surface area contributed by atoms with Gasteiger partial charge in [-0.25, -0.2) is 0 Å². The van der Waals surface area contributed by atoms with Gasteiger partial charge in [-0.1, -0.05) is 29.8 Å². The minimum absolute atomic E-state index is 0.0288. The summed E-state index contributed by atoms with van der Waals surface area (Å²) in [5.41, 5.74) is 3.37. The van der Waals surface area contributed by atoms with Gasteiger partial charge in [-0.2, -0.15) is 0 Å². The van der Waals surface area contributed by atoms with Crippen LogP contribution in [0.5, 0.6) is 0 Å². The summed E-state index contributed by atoms with van der Waals surface area (Å²) in [6, 6.07) is 7.05. The smallest absolute Gasteiger partial charge is 0.227 e. The van der Waals surface area contributed by atoms with Gasteiger partial charge in [-0.05, 0) is 44.9 Å². The maximum Gasteiger partial charge on any atom is 0.227 e. The van der Waals surface area contributed by atoms with E-state index >= 15 is 0 Å². The van der Waals surface area contributed by atoms with E-state index in [0.29, 0.717) is 48.0 Å². The standard InChI is InChI=1S/C23H28ClN3O3/c1-14-21(17(4)28)15(2)25-22(14)23(30)16(3)26-9-11-27(12-10-26)20(29)13-18-7-5-6-8-19(18)24/h5-8,16,25H,9-13H2,1-4H3. The zero-order valence-corrected chi connectivity index (χ0v) is 18.7. The molecule has 1 saturated heterocycles. The maximum absolute atomic E-state index is 13.1. The van der Waals surface area contributed by atoms with Crippen molar-refractivity contribution >= 4 is 29.1 Å². The highest BCUT2D eigenvalue weighted by Gasteiger charge is 2.30. The van der Waals surface area contributed by atoms with Crippen LogP contribution in [0, 0.1) is 13.8 Å². The Balaban J connectivity index is 1.61. The number of piperazine rings is 1. The van der Waals surface area contributed by atoms with Crippen LogP contribution in [0.4, 0.5) is 0 Å². The molecule has 160 valence electrons. The van der Waals surface area contributed by atoms with Crippen molar-refractivity contribution in [2.45, 2.75) is 40.2 Å². The summed E-state index contributed by atoms with van der Waals surface area (Å²) < 4.78 is 0. The van der Waals surface area contributed by atoms with Gasteiger partial charge in [0, 0.05) is 42.5 Å². The van der Waals surface area contributed by atoms with Crippen molar-refractivity contribution in [3.8, 4) is 0 Å². The summed E-state index contributed by atoms with van der Waals surface area (Å²) in [4.78, 5) is 44.6. The van der Waals surface area contributed by atoms with Crippen molar-refractivity contribution in [3.63, 3.8) is 0 Å². The first-order chi connectivity index (χ1) is 14.2. The number of H-pyrrole nitrogens is 1. The molecule has 0 bridgehead atoms. The number of aromatic amines is 1. The summed E-state index contributed by atoms with van der Waals surface area (Å²) in [7, 11) is 0. The van der Waals surface area contributed by atoms with E-state index in [-0.39, 0.29) is 29.9 Å². The van der Waals surface area contributed by atoms with Gasteiger partial charge in [0.15, 0.2) is 11.6 Å². The molecule has 0 radical (unpaired) electrons. The Morgan fingerprint density at radius 2 is 1.73 bits per heavy atom. The number of hydrogen-bond donors (Lipinski definition) is 1. The number of benzene rings is 1. The molecule has 1 unspecified atom stereocenters. The van der Waals surface area contributed by atoms with Crippen molar-refractivity contribution in [2.75, 3.05) is 26.2 Å². The number of nitrogens with zero attached hydrogens (tertiary/aromatic N) is 2. The fourth-order valence-corrected chi connectivity index (χ4v) is 4.38. The first kappa shape index (κ1) is 22.2. The fraction of sp³-hybridized carbons (Fsp3) is 0.435. The van der Waals surface area contributed by atoms with Crippen molar-refractivity contribution < 1.29 is 14.4 Å². The van der Waals surface area contributed by atoms with Gasteiger partial charge in [0.25, 0.3) is 0 Å². The normalized spacial score (nSPS) is 15.8. The van der Waals surface area contributed by atoms with Gasteiger partial charge >= 0.3 is 0 Å². The zero-order chi connectivity index (χ0) is 22.0. The highest BCUT2D eigenvalue weighted by Crippen LogP contribution is 2.22. The van der Waals surface area contributed by atoms with Crippen molar-refractivity contribution in [1.29, 1.82) is 0 Å². The molecular formula is C23H28ClN3O3. The van der Waals surface area contributed by atoms with Gasteiger partial charge in [0.05, 0.1) is 18.2 Å². The Morgan fingerprint density at radius 3 is 2.30 bits per heavy atom. The second kappa shape index (κ2) is 9.14. The number of carbonyl (C=O) groups excluding carboxylic acids is 3. The van der Waals surface area contributed by atoms with Crippen LogP contribution in [0.25, 0.3) is 0 Å². The van der Waals surface area contributed by atoms with Crippen molar-refractivity contribution in [1.82, 2.24) is 14.8 Å². The molecule has 1 atom stereocenters. The number of ketones is 2. The van der Waals surface area contributed by atoms with Crippen LogP contribution in [0.2, 0.25) is 5.02 Å². The average molecular weight is 430 g/mol. The SMILES string of the molecule is CC(=O)c1c(C)[nH]c(C(=O)C(C)N2CCN(C(=O)Cc3ccccc3Cl)CC2)c1C. The van der Waals surface area contributed by atoms with Crippen LogP contribution in [0.3, 0.4) is 0 Å². The van der Waals surface area contributed by atoms with E-state index in [2.05, 4.69) is 9.88 Å². The Hall–Kier alpha value is -2.44. The number of hydrogen-bond acceptors (Lipinski definition) is 4. The lowest BCUT2D eigenvalue weighted by Gasteiger charge is -2.37. The van der Waals surface area contributed by atoms with Crippen LogP contribution in [-0.2, 0) is 11.2 Å². The van der Waals surface area contributed by atoms with Gasteiger partial charge in [-0.3, -0.25) is 19.3 Å². The number of rotatable bonds is 6. The molecule has 1 aromatic carbocycles. The third kappa shape index (κ3) is 4.50. The Kier molecular flexibility index (Phi) is 6.78. The number of Topliss-reactive ketones (excluding diaryl/α,β-unsaturated/α-hetero) is 2. The summed E-state index contributed by atoms with van der Waals surface area (Å²) in [6.07, 6.45) is 0.281. The highest BCUT2D eigenvalue weighted by atomic mass is 35.5. The Bertz CT molecular complexity index is 974. The molecule has 0 saturated carbocycles. The van der Waals surface area contributed by atoms with Crippen LogP contribution in [0.1, 0.15) is 51.5 Å². The van der Waals surface area contributed by atoms with Crippen LogP contribution >= 0.6 is 11.6 Å². The van der Waals surface area contributed by atoms with Gasteiger partial charge < -0.3 is 9.88 Å². The molecule has 0 spiro atoms. The fourth-order valence-electron chi connectivity index (χ4n) is 4.17. The van der Waals surface area contributed by atoms with Crippen LogP contribution in [-0.4, -0.2) is 64.5 Å². The molecule has 1 aromatic heterocycles.